The molecule has 3 N–H and O–H groups in total. The van der Waals surface area contributed by atoms with Crippen molar-refractivity contribution < 1.29 is 55.4 Å². The molecule has 0 amide bonds. The molecule has 54 heavy (non-hydrogen) atoms. The average Bonchev–Trinajstić information content (AvgIpc) is 3.32. The fourth-order valence-electron chi connectivity index (χ4n) is 5.10. The number of aromatic nitrogens is 2. The SMILES string of the molecule is CC(C)OC(=O)[C@H](C)N[P@@](=O)(Oc1ccccc1)O[C@H]1[C@@H](CO[P@@](=O)(N[C@@H](C)C(=O)OC(C)C)Oc2ccccc2)O[C@@H](n2ccc(=O)[nH]c2=O)[C@]1(C)F. The summed E-state index contributed by atoms with van der Waals surface area (Å²) in [6, 6.07) is 13.9. The Hall–Kier alpha value is -4.15. The lowest BCUT2D eigenvalue weighted by molar-refractivity contribution is -0.150. The molecule has 8 atom stereocenters. The molecule has 17 nitrogen and oxygen atoms in total. The second kappa shape index (κ2) is 18.0. The lowest BCUT2D eigenvalue weighted by Gasteiger charge is -2.32. The second-order valence-corrected chi connectivity index (χ2v) is 16.3. The predicted octanol–water partition coefficient (Wildman–Crippen LogP) is 4.80. The molecule has 0 radical (unpaired) electrons. The van der Waals surface area contributed by atoms with Crippen molar-refractivity contribution in [1.82, 2.24) is 19.7 Å². The molecule has 2 heterocycles. The Kier molecular flexibility index (Phi) is 14.2. The van der Waals surface area contributed by atoms with E-state index in [1.165, 1.54) is 38.1 Å². The number of hydrogen-bond donors (Lipinski definition) is 3. The minimum absolute atomic E-state index is 0.00525. The molecule has 1 aliphatic rings. The minimum Gasteiger partial charge on any atom is -0.462 e. The Balaban J connectivity index is 1.74. The van der Waals surface area contributed by atoms with Gasteiger partial charge in [-0.3, -0.25) is 33.0 Å². The molecule has 1 aliphatic heterocycles. The zero-order chi connectivity index (χ0) is 39.8. The van der Waals surface area contributed by atoms with Crippen LogP contribution in [0, 0.1) is 0 Å². The molecular weight excluding hydrogens is 753 g/mol. The number of nitrogens with one attached hydrogen (secondary N) is 3. The van der Waals surface area contributed by atoms with Crippen molar-refractivity contribution in [1.29, 1.82) is 0 Å². The van der Waals surface area contributed by atoms with Gasteiger partial charge in [0.05, 0.1) is 18.8 Å². The highest BCUT2D eigenvalue weighted by molar-refractivity contribution is 7.52. The van der Waals surface area contributed by atoms with E-state index in [1.54, 1.807) is 64.1 Å². The molecule has 0 unspecified atom stereocenters. The molecule has 0 aliphatic carbocycles. The van der Waals surface area contributed by atoms with Crippen LogP contribution in [-0.2, 0) is 42.0 Å². The standard InChI is InChI=1S/C34H45FN4O13P2/c1-21(2)47-30(41)23(5)37-53(44,50-25-14-10-8-11-15-25)46-20-27-29(34(7,35)32(49-27)39-19-18-28(40)36-33(39)43)52-54(45,51-26-16-12-9-13-17-26)38-24(6)31(42)48-22(3)4/h8-19,21-24,27,29,32H,20H2,1-7H3,(H,37,44)(H,38,45)(H,36,40,43)/t23-,24-,27+,29-,32+,34+,53-,54+/m0/s1. The van der Waals surface area contributed by atoms with Gasteiger partial charge in [0.15, 0.2) is 11.9 Å². The van der Waals surface area contributed by atoms with Gasteiger partial charge in [0.1, 0.15) is 35.8 Å². The van der Waals surface area contributed by atoms with Crippen molar-refractivity contribution in [3.05, 3.63) is 93.8 Å². The molecule has 3 aromatic rings. The highest BCUT2D eigenvalue weighted by atomic mass is 31.2. The third-order valence-electron chi connectivity index (χ3n) is 7.50. The molecule has 1 saturated heterocycles. The van der Waals surface area contributed by atoms with Crippen molar-refractivity contribution in [3.63, 3.8) is 0 Å². The van der Waals surface area contributed by atoms with Gasteiger partial charge >= 0.3 is 33.1 Å². The summed E-state index contributed by atoms with van der Waals surface area (Å²) in [6.45, 7) is 9.30. The van der Waals surface area contributed by atoms with Crippen LogP contribution in [0.1, 0.15) is 54.7 Å². The molecular formula is C34H45FN4O13P2. The summed E-state index contributed by atoms with van der Waals surface area (Å²) < 4.78 is 86.4. The first-order valence-corrected chi connectivity index (χ1v) is 20.0. The summed E-state index contributed by atoms with van der Waals surface area (Å²) in [6.07, 6.45) is -5.57. The third-order valence-corrected chi connectivity index (χ3v) is 10.8. The molecule has 1 fully saturated rings. The summed E-state index contributed by atoms with van der Waals surface area (Å²) >= 11 is 0. The van der Waals surface area contributed by atoms with Crippen molar-refractivity contribution in [2.45, 2.75) is 96.9 Å². The summed E-state index contributed by atoms with van der Waals surface area (Å²) in [4.78, 5) is 52.2. The number of nitrogens with zero attached hydrogens (tertiary/aromatic N) is 1. The smallest absolute Gasteiger partial charge is 0.459 e. The Morgan fingerprint density at radius 1 is 0.833 bits per heavy atom. The molecule has 296 valence electrons. The maximum atomic E-state index is 17.3. The van der Waals surface area contributed by atoms with Gasteiger partial charge in [-0.15, -0.1) is 0 Å². The summed E-state index contributed by atoms with van der Waals surface area (Å²) in [5.41, 5.74) is -4.62. The Bertz CT molecular complexity index is 1940. The molecule has 2 aromatic carbocycles. The van der Waals surface area contributed by atoms with Crippen LogP contribution in [0.5, 0.6) is 11.5 Å². The molecule has 0 saturated carbocycles. The van der Waals surface area contributed by atoms with Crippen molar-refractivity contribution in [2.75, 3.05) is 6.61 Å². The van der Waals surface area contributed by atoms with Gasteiger partial charge < -0.3 is 23.3 Å². The largest absolute Gasteiger partial charge is 0.462 e. The number of rotatable bonds is 18. The molecule has 4 rings (SSSR count). The van der Waals surface area contributed by atoms with E-state index in [0.717, 1.165) is 23.8 Å². The van der Waals surface area contributed by atoms with Crippen LogP contribution in [0.15, 0.2) is 82.5 Å². The van der Waals surface area contributed by atoms with E-state index < -0.39 is 93.7 Å². The maximum Gasteiger partial charge on any atom is 0.459 e. The lowest BCUT2D eigenvalue weighted by atomic mass is 9.98. The van der Waals surface area contributed by atoms with Crippen LogP contribution in [0.2, 0.25) is 0 Å². The second-order valence-electron chi connectivity index (χ2n) is 13.0. The highest BCUT2D eigenvalue weighted by Gasteiger charge is 2.60. The molecule has 0 bridgehead atoms. The van der Waals surface area contributed by atoms with Crippen LogP contribution < -0.4 is 30.5 Å². The minimum atomic E-state index is -4.82. The molecule has 0 spiro atoms. The molecule has 20 heteroatoms. The number of alkyl halides is 1. The number of halogens is 1. The van der Waals surface area contributed by atoms with Gasteiger partial charge in [-0.25, -0.2) is 18.3 Å². The Labute approximate surface area is 311 Å². The number of para-hydroxylation sites is 2. The first-order valence-electron chi connectivity index (χ1n) is 17.0. The van der Waals surface area contributed by atoms with E-state index >= 15 is 4.39 Å². The van der Waals surface area contributed by atoms with Crippen LogP contribution in [0.4, 0.5) is 4.39 Å². The van der Waals surface area contributed by atoms with Crippen molar-refractivity contribution in [2.24, 2.45) is 0 Å². The number of benzene rings is 2. The summed E-state index contributed by atoms with van der Waals surface area (Å²) in [7, 11) is -9.40. The number of H-pyrrole nitrogens is 1. The van der Waals surface area contributed by atoms with Gasteiger partial charge in [0.25, 0.3) is 5.56 Å². The normalized spacial score (nSPS) is 23.2. The van der Waals surface area contributed by atoms with Gasteiger partial charge in [0.2, 0.25) is 0 Å². The summed E-state index contributed by atoms with van der Waals surface area (Å²) in [5, 5.41) is 4.99. The number of ether oxygens (including phenoxy) is 3. The zero-order valence-electron chi connectivity index (χ0n) is 30.7. The van der Waals surface area contributed by atoms with E-state index in [1.807, 2.05) is 4.98 Å². The number of carbonyl (C=O) groups is 2. The topological polar surface area (TPSA) is 212 Å². The zero-order valence-corrected chi connectivity index (χ0v) is 32.5. The third kappa shape index (κ3) is 11.4. The van der Waals surface area contributed by atoms with E-state index in [0.29, 0.717) is 0 Å². The van der Waals surface area contributed by atoms with Gasteiger partial charge in [-0.2, -0.15) is 10.2 Å². The number of hydrogen-bond acceptors (Lipinski definition) is 13. The van der Waals surface area contributed by atoms with Gasteiger partial charge in [-0.05, 0) is 72.7 Å². The monoisotopic (exact) mass is 798 g/mol. The Morgan fingerprint density at radius 2 is 1.31 bits per heavy atom. The first kappa shape index (κ1) is 42.6. The number of esters is 2. The van der Waals surface area contributed by atoms with Crippen LogP contribution >= 0.6 is 15.5 Å². The molecule has 1 aromatic heterocycles. The van der Waals surface area contributed by atoms with E-state index in [-0.39, 0.29) is 11.5 Å². The van der Waals surface area contributed by atoms with Crippen molar-refractivity contribution in [3.8, 4) is 11.5 Å². The van der Waals surface area contributed by atoms with Crippen molar-refractivity contribution >= 4 is 27.4 Å². The van der Waals surface area contributed by atoms with Crippen LogP contribution in [0.3, 0.4) is 0 Å². The number of carbonyl (C=O) groups excluding carboxylic acids is 2. The highest BCUT2D eigenvalue weighted by Crippen LogP contribution is 2.54. The van der Waals surface area contributed by atoms with E-state index in [9.17, 15) is 28.3 Å². The van der Waals surface area contributed by atoms with E-state index in [4.69, 9.17) is 32.3 Å². The quantitative estimate of drug-likeness (QED) is 0.117. The van der Waals surface area contributed by atoms with Crippen LogP contribution in [-0.4, -0.2) is 70.3 Å². The summed E-state index contributed by atoms with van der Waals surface area (Å²) in [5.74, 6) is -1.54. The average molecular weight is 799 g/mol. The maximum absolute atomic E-state index is 17.3. The predicted molar refractivity (Wildman–Crippen MR) is 193 cm³/mol. The fourth-order valence-corrected chi connectivity index (χ4v) is 8.38. The fraction of sp³-hybridized carbons (Fsp3) is 0.471. The Morgan fingerprint density at radius 3 is 1.80 bits per heavy atom. The van der Waals surface area contributed by atoms with Crippen LogP contribution in [0.25, 0.3) is 0 Å². The van der Waals surface area contributed by atoms with Gasteiger partial charge in [0, 0.05) is 12.3 Å². The number of aromatic amines is 1. The van der Waals surface area contributed by atoms with Gasteiger partial charge in [-0.1, -0.05) is 36.4 Å². The first-order chi connectivity index (χ1) is 25.3. The van der Waals surface area contributed by atoms with E-state index in [2.05, 4.69) is 10.2 Å². The lowest BCUT2D eigenvalue weighted by Crippen LogP contribution is -2.46.